The van der Waals surface area contributed by atoms with E-state index in [2.05, 4.69) is 0 Å². The van der Waals surface area contributed by atoms with Gasteiger partial charge in [-0.15, -0.1) is 0 Å². The van der Waals surface area contributed by atoms with Crippen LogP contribution < -0.4 is 0 Å². The second kappa shape index (κ2) is 7.00. The summed E-state index contributed by atoms with van der Waals surface area (Å²) in [6, 6.07) is 0.871. The fourth-order valence-electron chi connectivity index (χ4n) is 2.97. The molecule has 146 valence electrons. The van der Waals surface area contributed by atoms with E-state index in [-0.39, 0.29) is 24.1 Å². The van der Waals surface area contributed by atoms with Crippen LogP contribution in [0.15, 0.2) is 18.2 Å². The summed E-state index contributed by atoms with van der Waals surface area (Å²) in [5, 5.41) is 0. The zero-order valence-electron chi connectivity index (χ0n) is 14.4. The van der Waals surface area contributed by atoms with E-state index < -0.39 is 41.7 Å². The van der Waals surface area contributed by atoms with Crippen molar-refractivity contribution < 1.29 is 35.9 Å². The predicted molar refractivity (Wildman–Crippen MR) is 81.2 cm³/mol. The van der Waals surface area contributed by atoms with E-state index in [1.54, 1.807) is 6.92 Å². The number of hydrogen-bond donors (Lipinski definition) is 0. The summed E-state index contributed by atoms with van der Waals surface area (Å²) in [5.74, 6) is 0.0196. The highest BCUT2D eigenvalue weighted by Gasteiger charge is 2.42. The Morgan fingerprint density at radius 3 is 2.00 bits per heavy atom. The standard InChI is InChI=1S/C17H19F6NO2/c1-4-9(2)14-10(3)24(15(25)26-14)8-11-5-12(16(18,19)20)7-13(6-11)17(21,22)23/h5-7,9-10,14H,4,8H2,1-3H3/t9?,10-,14-/m1/s1. The molecule has 1 fully saturated rings. The third-order valence-corrected chi connectivity index (χ3v) is 4.64. The van der Waals surface area contributed by atoms with Crippen LogP contribution in [0.5, 0.6) is 0 Å². The van der Waals surface area contributed by atoms with Crippen molar-refractivity contribution >= 4 is 6.09 Å². The summed E-state index contributed by atoms with van der Waals surface area (Å²) in [5.41, 5.74) is -3.05. The van der Waals surface area contributed by atoms with Crippen LogP contribution in [0, 0.1) is 5.92 Å². The van der Waals surface area contributed by atoms with Crippen LogP contribution in [0.1, 0.15) is 43.9 Å². The molecule has 0 bridgehead atoms. The minimum Gasteiger partial charge on any atom is -0.444 e. The molecule has 0 radical (unpaired) electrons. The minimum atomic E-state index is -4.92. The van der Waals surface area contributed by atoms with Gasteiger partial charge in [0.2, 0.25) is 0 Å². The maximum Gasteiger partial charge on any atom is 0.416 e. The van der Waals surface area contributed by atoms with Crippen molar-refractivity contribution in [2.75, 3.05) is 0 Å². The molecule has 1 aromatic rings. The Hall–Kier alpha value is -1.93. The molecule has 1 aliphatic heterocycles. The highest BCUT2D eigenvalue weighted by Crippen LogP contribution is 2.37. The van der Waals surface area contributed by atoms with Gasteiger partial charge in [-0.2, -0.15) is 26.3 Å². The Balaban J connectivity index is 2.35. The molecule has 26 heavy (non-hydrogen) atoms. The maximum absolute atomic E-state index is 12.9. The number of carbonyl (C=O) groups excluding carboxylic acids is 1. The molecule has 1 unspecified atom stereocenters. The van der Waals surface area contributed by atoms with Gasteiger partial charge in [-0.3, -0.25) is 4.90 Å². The van der Waals surface area contributed by atoms with Crippen LogP contribution >= 0.6 is 0 Å². The Morgan fingerprint density at radius 2 is 1.58 bits per heavy atom. The molecular weight excluding hydrogens is 364 g/mol. The smallest absolute Gasteiger partial charge is 0.416 e. The number of benzene rings is 1. The molecule has 1 aliphatic rings. The number of nitrogens with zero attached hydrogens (tertiary/aromatic N) is 1. The SMILES string of the molecule is CCC(C)[C@H]1OC(=O)N(Cc2cc(C(F)(F)F)cc(C(F)(F)F)c2)[C@@H]1C. The average molecular weight is 383 g/mol. The van der Waals surface area contributed by atoms with Crippen LogP contribution in [0.4, 0.5) is 31.1 Å². The largest absolute Gasteiger partial charge is 0.444 e. The van der Waals surface area contributed by atoms with E-state index in [1.165, 1.54) is 0 Å². The lowest BCUT2D eigenvalue weighted by Crippen LogP contribution is -2.36. The number of amides is 1. The van der Waals surface area contributed by atoms with E-state index >= 15 is 0 Å². The van der Waals surface area contributed by atoms with Gasteiger partial charge in [-0.05, 0) is 43.0 Å². The van der Waals surface area contributed by atoms with Crippen LogP contribution in [0.3, 0.4) is 0 Å². The van der Waals surface area contributed by atoms with E-state index in [1.807, 2.05) is 13.8 Å². The molecule has 1 saturated heterocycles. The third kappa shape index (κ3) is 4.24. The van der Waals surface area contributed by atoms with Crippen LogP contribution in [-0.2, 0) is 23.6 Å². The van der Waals surface area contributed by atoms with Gasteiger partial charge >= 0.3 is 18.4 Å². The molecule has 3 atom stereocenters. The van der Waals surface area contributed by atoms with Gasteiger partial charge in [0.15, 0.2) is 0 Å². The van der Waals surface area contributed by atoms with Gasteiger partial charge in [-0.1, -0.05) is 13.8 Å². The zero-order valence-corrected chi connectivity index (χ0v) is 14.4. The first kappa shape index (κ1) is 20.4. The third-order valence-electron chi connectivity index (χ3n) is 4.64. The number of halogens is 6. The number of rotatable bonds is 4. The van der Waals surface area contributed by atoms with Crippen molar-refractivity contribution in [3.05, 3.63) is 34.9 Å². The Kier molecular flexibility index (Phi) is 5.49. The van der Waals surface area contributed by atoms with Crippen molar-refractivity contribution in [3.63, 3.8) is 0 Å². The molecule has 1 amide bonds. The van der Waals surface area contributed by atoms with E-state index in [9.17, 15) is 31.1 Å². The molecule has 2 rings (SSSR count). The van der Waals surface area contributed by atoms with Crippen molar-refractivity contribution in [1.82, 2.24) is 4.90 Å². The van der Waals surface area contributed by atoms with E-state index in [0.29, 0.717) is 12.1 Å². The summed E-state index contributed by atoms with van der Waals surface area (Å²) in [6.07, 6.45) is -10.3. The summed E-state index contributed by atoms with van der Waals surface area (Å²) in [4.78, 5) is 13.2. The molecule has 1 aromatic carbocycles. The molecule has 0 aliphatic carbocycles. The van der Waals surface area contributed by atoms with Gasteiger partial charge in [0, 0.05) is 6.54 Å². The lowest BCUT2D eigenvalue weighted by atomic mass is 9.96. The summed E-state index contributed by atoms with van der Waals surface area (Å²) in [7, 11) is 0. The lowest BCUT2D eigenvalue weighted by molar-refractivity contribution is -0.143. The molecular formula is C17H19F6NO2. The van der Waals surface area contributed by atoms with Crippen molar-refractivity contribution in [2.24, 2.45) is 5.92 Å². The highest BCUT2D eigenvalue weighted by atomic mass is 19.4. The molecule has 0 N–H and O–H groups in total. The fraction of sp³-hybridized carbons (Fsp3) is 0.588. The molecule has 0 saturated carbocycles. The van der Waals surface area contributed by atoms with Gasteiger partial charge in [0.05, 0.1) is 17.2 Å². The second-order valence-electron chi connectivity index (χ2n) is 6.52. The highest BCUT2D eigenvalue weighted by molar-refractivity contribution is 5.70. The van der Waals surface area contributed by atoms with E-state index in [0.717, 1.165) is 11.3 Å². The molecule has 9 heteroatoms. The normalized spacial score (nSPS) is 22.5. The van der Waals surface area contributed by atoms with E-state index in [4.69, 9.17) is 4.74 Å². The minimum absolute atomic E-state index is 0.0196. The number of ether oxygens (including phenoxy) is 1. The summed E-state index contributed by atoms with van der Waals surface area (Å²) in [6.45, 7) is 5.04. The van der Waals surface area contributed by atoms with Crippen LogP contribution in [-0.4, -0.2) is 23.1 Å². The van der Waals surface area contributed by atoms with Crippen LogP contribution in [0.2, 0.25) is 0 Å². The van der Waals surface area contributed by atoms with Crippen LogP contribution in [0.25, 0.3) is 0 Å². The monoisotopic (exact) mass is 383 g/mol. The van der Waals surface area contributed by atoms with Gasteiger partial charge < -0.3 is 4.74 Å². The number of carbonyl (C=O) groups is 1. The number of cyclic esters (lactones) is 1. The second-order valence-corrected chi connectivity index (χ2v) is 6.52. The first-order valence-electron chi connectivity index (χ1n) is 8.10. The van der Waals surface area contributed by atoms with Gasteiger partial charge in [-0.25, -0.2) is 4.79 Å². The Bertz CT molecular complexity index is 638. The predicted octanol–water partition coefficient (Wildman–Crippen LogP) is 5.48. The summed E-state index contributed by atoms with van der Waals surface area (Å²) >= 11 is 0. The molecule has 3 nitrogen and oxygen atoms in total. The quantitative estimate of drug-likeness (QED) is 0.645. The zero-order chi connectivity index (χ0) is 19.9. The first-order chi connectivity index (χ1) is 11.8. The van der Waals surface area contributed by atoms with Gasteiger partial charge in [0.25, 0.3) is 0 Å². The fourth-order valence-corrected chi connectivity index (χ4v) is 2.97. The van der Waals surface area contributed by atoms with Crippen molar-refractivity contribution in [1.29, 1.82) is 0 Å². The maximum atomic E-state index is 12.9. The Morgan fingerprint density at radius 1 is 1.08 bits per heavy atom. The first-order valence-corrected chi connectivity index (χ1v) is 8.10. The number of hydrogen-bond acceptors (Lipinski definition) is 2. The molecule has 0 spiro atoms. The Labute approximate surface area is 146 Å². The van der Waals surface area contributed by atoms with Crippen molar-refractivity contribution in [3.8, 4) is 0 Å². The average Bonchev–Trinajstić information content (AvgIpc) is 2.80. The summed E-state index contributed by atoms with van der Waals surface area (Å²) < 4.78 is 82.9. The lowest BCUT2D eigenvalue weighted by Gasteiger charge is -2.24. The number of alkyl halides is 6. The van der Waals surface area contributed by atoms with Gasteiger partial charge in [0.1, 0.15) is 6.10 Å². The molecule has 0 aromatic heterocycles. The molecule has 1 heterocycles. The topological polar surface area (TPSA) is 29.5 Å². The van der Waals surface area contributed by atoms with Crippen molar-refractivity contribution in [2.45, 2.75) is 58.2 Å².